The summed E-state index contributed by atoms with van der Waals surface area (Å²) in [4.78, 5) is 0. The lowest BCUT2D eigenvalue weighted by Crippen LogP contribution is -2.57. The average molecular weight is 273 g/mol. The molecule has 18 heavy (non-hydrogen) atoms. The molecular formula is C15H25ClO2. The maximum Gasteiger partial charge on any atom is 0.0808 e. The van der Waals surface area contributed by atoms with Crippen LogP contribution >= 0.6 is 11.6 Å². The van der Waals surface area contributed by atoms with E-state index in [4.69, 9.17) is 21.1 Å². The Balaban J connectivity index is 1.50. The Kier molecular flexibility index (Phi) is 4.17. The monoisotopic (exact) mass is 272 g/mol. The number of halogens is 1. The smallest absolute Gasteiger partial charge is 0.0808 e. The molecule has 1 spiro atoms. The van der Waals surface area contributed by atoms with E-state index in [0.29, 0.717) is 23.0 Å². The van der Waals surface area contributed by atoms with Gasteiger partial charge in [0.15, 0.2) is 0 Å². The van der Waals surface area contributed by atoms with Gasteiger partial charge in [0.05, 0.1) is 18.8 Å². The van der Waals surface area contributed by atoms with E-state index in [1.54, 1.807) is 0 Å². The molecule has 1 heterocycles. The Morgan fingerprint density at radius 2 is 1.94 bits per heavy atom. The van der Waals surface area contributed by atoms with Crippen LogP contribution in [0.25, 0.3) is 0 Å². The van der Waals surface area contributed by atoms with Gasteiger partial charge in [-0.15, -0.1) is 11.6 Å². The van der Waals surface area contributed by atoms with Crippen LogP contribution in [0.1, 0.15) is 57.8 Å². The van der Waals surface area contributed by atoms with Crippen LogP contribution in [0.3, 0.4) is 0 Å². The quantitative estimate of drug-likeness (QED) is 0.726. The zero-order valence-electron chi connectivity index (χ0n) is 11.2. The van der Waals surface area contributed by atoms with Crippen molar-refractivity contribution in [3.63, 3.8) is 0 Å². The van der Waals surface area contributed by atoms with E-state index in [-0.39, 0.29) is 0 Å². The predicted molar refractivity (Wildman–Crippen MR) is 73.1 cm³/mol. The van der Waals surface area contributed by atoms with Gasteiger partial charge in [0, 0.05) is 17.4 Å². The van der Waals surface area contributed by atoms with Crippen molar-refractivity contribution in [3.8, 4) is 0 Å². The summed E-state index contributed by atoms with van der Waals surface area (Å²) >= 11 is 6.49. The Morgan fingerprint density at radius 1 is 1.11 bits per heavy atom. The minimum absolute atomic E-state index is 0.314. The highest BCUT2D eigenvalue weighted by Crippen LogP contribution is 2.55. The van der Waals surface area contributed by atoms with Gasteiger partial charge in [-0.05, 0) is 38.5 Å². The van der Waals surface area contributed by atoms with E-state index in [9.17, 15) is 0 Å². The van der Waals surface area contributed by atoms with Crippen LogP contribution in [0.5, 0.6) is 0 Å². The molecule has 3 rings (SSSR count). The van der Waals surface area contributed by atoms with Crippen molar-refractivity contribution in [1.82, 2.24) is 0 Å². The number of alkyl halides is 1. The van der Waals surface area contributed by atoms with E-state index >= 15 is 0 Å². The molecule has 3 atom stereocenters. The minimum atomic E-state index is 0.314. The van der Waals surface area contributed by atoms with Gasteiger partial charge < -0.3 is 9.47 Å². The maximum atomic E-state index is 6.49. The number of hydrogen-bond acceptors (Lipinski definition) is 2. The largest absolute Gasteiger partial charge is 0.376 e. The van der Waals surface area contributed by atoms with Crippen LogP contribution in [0.4, 0.5) is 0 Å². The van der Waals surface area contributed by atoms with E-state index < -0.39 is 0 Å². The van der Waals surface area contributed by atoms with Crippen LogP contribution in [-0.2, 0) is 9.47 Å². The zero-order valence-corrected chi connectivity index (χ0v) is 12.0. The standard InChI is InChI=1S/C15H25ClO2/c16-13-10-14(15(13)7-3-1-4-8-15)18-11-12-6-2-5-9-17-12/h12-14H,1-11H2. The minimum Gasteiger partial charge on any atom is -0.376 e. The predicted octanol–water partition coefficient (Wildman–Crippen LogP) is 3.90. The van der Waals surface area contributed by atoms with E-state index in [1.807, 2.05) is 0 Å². The molecule has 0 aromatic carbocycles. The van der Waals surface area contributed by atoms with Gasteiger partial charge >= 0.3 is 0 Å². The van der Waals surface area contributed by atoms with E-state index in [1.165, 1.54) is 51.4 Å². The molecular weight excluding hydrogens is 248 g/mol. The Hall–Kier alpha value is 0.210. The van der Waals surface area contributed by atoms with Crippen molar-refractivity contribution in [2.45, 2.75) is 75.4 Å². The first-order chi connectivity index (χ1) is 8.81. The lowest BCUT2D eigenvalue weighted by molar-refractivity contribution is -0.151. The van der Waals surface area contributed by atoms with Crippen molar-refractivity contribution in [3.05, 3.63) is 0 Å². The second kappa shape index (κ2) is 5.68. The van der Waals surface area contributed by atoms with Gasteiger partial charge in [-0.2, -0.15) is 0 Å². The summed E-state index contributed by atoms with van der Waals surface area (Å²) in [6, 6.07) is 0. The van der Waals surface area contributed by atoms with Crippen LogP contribution in [-0.4, -0.2) is 30.8 Å². The summed E-state index contributed by atoms with van der Waals surface area (Å²) in [5, 5.41) is 0.357. The van der Waals surface area contributed by atoms with Crippen molar-refractivity contribution in [2.75, 3.05) is 13.2 Å². The van der Waals surface area contributed by atoms with Gasteiger partial charge in [0.2, 0.25) is 0 Å². The Bertz CT molecular complexity index is 270. The van der Waals surface area contributed by atoms with Gasteiger partial charge in [0.25, 0.3) is 0 Å². The molecule has 1 saturated heterocycles. The van der Waals surface area contributed by atoms with E-state index in [0.717, 1.165) is 19.6 Å². The van der Waals surface area contributed by atoms with Gasteiger partial charge in [-0.1, -0.05) is 19.3 Å². The number of rotatable bonds is 3. The number of hydrogen-bond donors (Lipinski definition) is 0. The second-order valence-corrected chi connectivity index (χ2v) is 6.83. The molecule has 0 radical (unpaired) electrons. The fraction of sp³-hybridized carbons (Fsp3) is 1.00. The Labute approximate surface area is 115 Å². The van der Waals surface area contributed by atoms with Crippen molar-refractivity contribution in [1.29, 1.82) is 0 Å². The molecule has 3 heteroatoms. The van der Waals surface area contributed by atoms with E-state index in [2.05, 4.69) is 0 Å². The highest BCUT2D eigenvalue weighted by molar-refractivity contribution is 6.21. The maximum absolute atomic E-state index is 6.49. The molecule has 2 nitrogen and oxygen atoms in total. The summed E-state index contributed by atoms with van der Waals surface area (Å²) in [5.41, 5.74) is 0.314. The van der Waals surface area contributed by atoms with Crippen molar-refractivity contribution in [2.24, 2.45) is 5.41 Å². The zero-order chi connectivity index (χ0) is 12.4. The molecule has 3 fully saturated rings. The first kappa shape index (κ1) is 13.2. The first-order valence-electron chi connectivity index (χ1n) is 7.68. The molecule has 0 N–H and O–H groups in total. The second-order valence-electron chi connectivity index (χ2n) is 6.31. The fourth-order valence-corrected chi connectivity index (χ4v) is 4.46. The third-order valence-electron chi connectivity index (χ3n) is 5.23. The highest BCUT2D eigenvalue weighted by atomic mass is 35.5. The van der Waals surface area contributed by atoms with Crippen molar-refractivity contribution >= 4 is 11.6 Å². The SMILES string of the molecule is ClC1CC(OCC2CCCCO2)C12CCCCC2. The summed E-state index contributed by atoms with van der Waals surface area (Å²) in [6.45, 7) is 1.71. The van der Waals surface area contributed by atoms with Crippen LogP contribution in [0.2, 0.25) is 0 Å². The molecule has 3 unspecified atom stereocenters. The molecule has 0 aromatic heterocycles. The summed E-state index contributed by atoms with van der Waals surface area (Å²) in [7, 11) is 0. The topological polar surface area (TPSA) is 18.5 Å². The molecule has 104 valence electrons. The summed E-state index contributed by atoms with van der Waals surface area (Å²) in [5.74, 6) is 0. The van der Waals surface area contributed by atoms with Gasteiger partial charge in [-0.25, -0.2) is 0 Å². The van der Waals surface area contributed by atoms with Gasteiger partial charge in [0.1, 0.15) is 0 Å². The average Bonchev–Trinajstić information content (AvgIpc) is 2.45. The first-order valence-corrected chi connectivity index (χ1v) is 8.12. The lowest BCUT2D eigenvalue weighted by Gasteiger charge is -2.55. The highest BCUT2D eigenvalue weighted by Gasteiger charge is 2.55. The molecule has 0 bridgehead atoms. The number of ether oxygens (including phenoxy) is 2. The summed E-state index contributed by atoms with van der Waals surface area (Å²) in [6.07, 6.45) is 12.1. The van der Waals surface area contributed by atoms with Crippen molar-refractivity contribution < 1.29 is 9.47 Å². The van der Waals surface area contributed by atoms with Crippen LogP contribution < -0.4 is 0 Å². The lowest BCUT2D eigenvalue weighted by atomic mass is 9.58. The van der Waals surface area contributed by atoms with Gasteiger partial charge in [-0.3, -0.25) is 0 Å². The van der Waals surface area contributed by atoms with Crippen LogP contribution in [0, 0.1) is 5.41 Å². The molecule has 0 amide bonds. The molecule has 2 saturated carbocycles. The third-order valence-corrected chi connectivity index (χ3v) is 5.84. The fourth-order valence-electron chi connectivity index (χ4n) is 3.94. The van der Waals surface area contributed by atoms with Crippen LogP contribution in [0.15, 0.2) is 0 Å². The molecule has 0 aromatic rings. The Morgan fingerprint density at radius 3 is 2.61 bits per heavy atom. The molecule has 2 aliphatic carbocycles. The third kappa shape index (κ3) is 2.44. The molecule has 1 aliphatic heterocycles. The normalized spacial score (nSPS) is 39.5. The summed E-state index contributed by atoms with van der Waals surface area (Å²) < 4.78 is 11.9. The molecule has 3 aliphatic rings.